The van der Waals surface area contributed by atoms with Crippen LogP contribution in [0.25, 0.3) is 0 Å². The Morgan fingerprint density at radius 3 is 1.62 bits per heavy atom. The minimum Gasteiger partial charge on any atom is -0.463 e. The molecule has 37 heavy (non-hydrogen) atoms. The van der Waals surface area contributed by atoms with Gasteiger partial charge in [-0.3, -0.25) is 14.4 Å². The van der Waals surface area contributed by atoms with Crippen LogP contribution in [0.2, 0.25) is 13.1 Å². The van der Waals surface area contributed by atoms with Crippen LogP contribution >= 0.6 is 0 Å². The van der Waals surface area contributed by atoms with E-state index in [9.17, 15) is 14.4 Å². The number of hydrogen-bond donors (Lipinski definition) is 1. The van der Waals surface area contributed by atoms with Gasteiger partial charge < -0.3 is 19.2 Å². The second-order valence-corrected chi connectivity index (χ2v) is 14.4. The Bertz CT molecular complexity index is 629. The van der Waals surface area contributed by atoms with Crippen molar-refractivity contribution >= 4 is 26.9 Å². The molecule has 0 aromatic heterocycles. The summed E-state index contributed by atoms with van der Waals surface area (Å²) in [5, 5.41) is 2.88. The van der Waals surface area contributed by atoms with Gasteiger partial charge in [-0.05, 0) is 50.1 Å². The van der Waals surface area contributed by atoms with Gasteiger partial charge in [0.15, 0.2) is 9.04 Å². The van der Waals surface area contributed by atoms with E-state index in [0.29, 0.717) is 11.8 Å². The van der Waals surface area contributed by atoms with E-state index >= 15 is 0 Å². The third kappa shape index (κ3) is 20.3. The SMILES string of the molecule is CC(=O)NC(CCCCCCCC(CCCCCCO[SiH](C)C)C(C)(C)C)(COC(C)=O)COC(C)=O. The van der Waals surface area contributed by atoms with E-state index in [0.717, 1.165) is 31.8 Å². The summed E-state index contributed by atoms with van der Waals surface area (Å²) in [5.74, 6) is -0.343. The topological polar surface area (TPSA) is 90.9 Å². The standard InChI is InChI=1S/C29H57NO6Si/c1-24(31)30-29(22-34-25(2)32,23-35-26(3)33)20-16-12-9-10-14-18-27(28(4,5)6)19-15-11-13-17-21-36-37(7)8/h27,37H,9-23H2,1-8H3,(H,30,31). The molecule has 0 bridgehead atoms. The second-order valence-electron chi connectivity index (χ2n) is 12.0. The Kier molecular flexibility index (Phi) is 18.9. The molecule has 0 aromatic carbocycles. The summed E-state index contributed by atoms with van der Waals surface area (Å²) < 4.78 is 16.2. The molecule has 8 heteroatoms. The van der Waals surface area contributed by atoms with Crippen LogP contribution in [-0.4, -0.2) is 52.2 Å². The zero-order valence-corrected chi connectivity index (χ0v) is 26.4. The van der Waals surface area contributed by atoms with Gasteiger partial charge in [0, 0.05) is 27.4 Å². The zero-order valence-electron chi connectivity index (χ0n) is 25.2. The molecule has 0 aliphatic rings. The fourth-order valence-electron chi connectivity index (χ4n) is 4.73. The molecule has 0 heterocycles. The molecule has 0 fully saturated rings. The first kappa shape index (κ1) is 35.6. The molecule has 0 spiro atoms. The third-order valence-electron chi connectivity index (χ3n) is 6.88. The fraction of sp³-hybridized carbons (Fsp3) is 0.897. The number of nitrogens with one attached hydrogen (secondary N) is 1. The summed E-state index contributed by atoms with van der Waals surface area (Å²) in [6.07, 6.45) is 13.6. The maximum Gasteiger partial charge on any atom is 0.302 e. The van der Waals surface area contributed by atoms with Gasteiger partial charge in [0.25, 0.3) is 0 Å². The molecule has 1 unspecified atom stereocenters. The van der Waals surface area contributed by atoms with Crippen LogP contribution in [0.5, 0.6) is 0 Å². The van der Waals surface area contributed by atoms with Gasteiger partial charge in [0.05, 0.1) is 0 Å². The van der Waals surface area contributed by atoms with Crippen molar-refractivity contribution in [1.82, 2.24) is 5.32 Å². The minimum absolute atomic E-state index is 0.00502. The molecule has 1 amide bonds. The largest absolute Gasteiger partial charge is 0.463 e. The van der Waals surface area contributed by atoms with E-state index in [1.165, 1.54) is 72.1 Å². The molecule has 218 valence electrons. The summed E-state index contributed by atoms with van der Waals surface area (Å²) in [4.78, 5) is 34.6. The van der Waals surface area contributed by atoms with Crippen molar-refractivity contribution in [3.8, 4) is 0 Å². The Labute approximate surface area is 228 Å². The smallest absolute Gasteiger partial charge is 0.302 e. The minimum atomic E-state index is -0.886. The van der Waals surface area contributed by atoms with Crippen LogP contribution < -0.4 is 5.32 Å². The quantitative estimate of drug-likeness (QED) is 0.103. The first-order chi connectivity index (χ1) is 17.3. The van der Waals surface area contributed by atoms with Crippen molar-refractivity contribution in [1.29, 1.82) is 0 Å². The Morgan fingerprint density at radius 1 is 0.730 bits per heavy atom. The lowest BCUT2D eigenvalue weighted by Gasteiger charge is -2.33. The molecule has 0 aromatic rings. The number of carbonyl (C=O) groups is 3. The van der Waals surface area contributed by atoms with Gasteiger partial charge in [0.2, 0.25) is 5.91 Å². The first-order valence-electron chi connectivity index (χ1n) is 14.4. The zero-order chi connectivity index (χ0) is 28.3. The summed E-state index contributed by atoms with van der Waals surface area (Å²) in [6.45, 7) is 16.6. The predicted molar refractivity (Wildman–Crippen MR) is 153 cm³/mol. The molecule has 0 aliphatic carbocycles. The number of ether oxygens (including phenoxy) is 2. The van der Waals surface area contributed by atoms with Crippen molar-refractivity contribution < 1.29 is 28.3 Å². The number of carbonyl (C=O) groups excluding carboxylic acids is 3. The van der Waals surface area contributed by atoms with Crippen LogP contribution in [0.3, 0.4) is 0 Å². The highest BCUT2D eigenvalue weighted by molar-refractivity contribution is 6.48. The molecule has 7 nitrogen and oxygen atoms in total. The van der Waals surface area contributed by atoms with Gasteiger partial charge in [0.1, 0.15) is 18.8 Å². The number of rotatable bonds is 21. The predicted octanol–water partition coefficient (Wildman–Crippen LogP) is 6.33. The average molecular weight is 544 g/mol. The second kappa shape index (κ2) is 19.6. The van der Waals surface area contributed by atoms with Crippen LogP contribution in [-0.2, 0) is 28.3 Å². The Balaban J connectivity index is 4.47. The Hall–Kier alpha value is -1.41. The normalized spacial score (nSPS) is 12.9. The maximum absolute atomic E-state index is 11.8. The summed E-state index contributed by atoms with van der Waals surface area (Å²) in [6, 6.07) is 0. The van der Waals surface area contributed by atoms with Gasteiger partial charge in [-0.2, -0.15) is 0 Å². The highest BCUT2D eigenvalue weighted by Gasteiger charge is 2.34. The van der Waals surface area contributed by atoms with Gasteiger partial charge in [-0.15, -0.1) is 0 Å². The summed E-state index contributed by atoms with van der Waals surface area (Å²) in [7, 11) is -0.874. The van der Waals surface area contributed by atoms with Crippen molar-refractivity contribution in [3.05, 3.63) is 0 Å². The molecular weight excluding hydrogens is 486 g/mol. The number of unbranched alkanes of at least 4 members (excludes halogenated alkanes) is 7. The van der Waals surface area contributed by atoms with Gasteiger partial charge >= 0.3 is 11.9 Å². The summed E-state index contributed by atoms with van der Waals surface area (Å²) >= 11 is 0. The van der Waals surface area contributed by atoms with Crippen molar-refractivity contribution in [2.75, 3.05) is 19.8 Å². The van der Waals surface area contributed by atoms with Crippen LogP contribution in [0.4, 0.5) is 0 Å². The maximum atomic E-state index is 11.8. The first-order valence-corrected chi connectivity index (χ1v) is 17.2. The molecule has 0 rings (SSSR count). The van der Waals surface area contributed by atoms with E-state index in [4.69, 9.17) is 13.9 Å². The number of hydrogen-bond acceptors (Lipinski definition) is 6. The van der Waals surface area contributed by atoms with Crippen LogP contribution in [0.15, 0.2) is 0 Å². The fourth-order valence-corrected chi connectivity index (χ4v) is 5.37. The van der Waals surface area contributed by atoms with Gasteiger partial charge in [-0.1, -0.05) is 72.1 Å². The molecule has 0 aliphatic heterocycles. The lowest BCUT2D eigenvalue weighted by atomic mass is 9.75. The molecular formula is C29H57NO6Si. The molecule has 1 atom stereocenters. The third-order valence-corrected chi connectivity index (χ3v) is 7.78. The molecule has 0 radical (unpaired) electrons. The van der Waals surface area contributed by atoms with Crippen molar-refractivity contribution in [2.45, 2.75) is 137 Å². The summed E-state index contributed by atoms with van der Waals surface area (Å²) in [5.41, 5.74) is -0.554. The van der Waals surface area contributed by atoms with Crippen LogP contribution in [0.1, 0.15) is 119 Å². The van der Waals surface area contributed by atoms with Crippen molar-refractivity contribution in [2.24, 2.45) is 11.3 Å². The molecule has 0 saturated heterocycles. The number of amides is 1. The lowest BCUT2D eigenvalue weighted by Crippen LogP contribution is -2.55. The van der Waals surface area contributed by atoms with Gasteiger partial charge in [-0.25, -0.2) is 0 Å². The molecule has 1 N–H and O–H groups in total. The van der Waals surface area contributed by atoms with E-state index in [1.807, 2.05) is 0 Å². The van der Waals surface area contributed by atoms with E-state index in [-0.39, 0.29) is 19.1 Å². The molecule has 0 saturated carbocycles. The highest BCUT2D eigenvalue weighted by Crippen LogP contribution is 2.34. The Morgan fingerprint density at radius 2 is 1.19 bits per heavy atom. The lowest BCUT2D eigenvalue weighted by molar-refractivity contribution is -0.150. The highest BCUT2D eigenvalue weighted by atomic mass is 28.3. The van der Waals surface area contributed by atoms with E-state index in [1.54, 1.807) is 0 Å². The monoisotopic (exact) mass is 543 g/mol. The van der Waals surface area contributed by atoms with Crippen LogP contribution in [0, 0.1) is 11.3 Å². The average Bonchev–Trinajstić information content (AvgIpc) is 2.77. The van der Waals surface area contributed by atoms with E-state index in [2.05, 4.69) is 39.2 Å². The van der Waals surface area contributed by atoms with Crippen molar-refractivity contribution in [3.63, 3.8) is 0 Å². The van der Waals surface area contributed by atoms with E-state index < -0.39 is 26.5 Å². The number of esters is 2.